The number of aryl methyl sites for hydroxylation is 1. The summed E-state index contributed by atoms with van der Waals surface area (Å²) in [6, 6.07) is 10.2. The lowest BCUT2D eigenvalue weighted by Gasteiger charge is -2.24. The zero-order chi connectivity index (χ0) is 23.2. The van der Waals surface area contributed by atoms with Crippen LogP contribution in [0.4, 0.5) is 0 Å². The number of ketones is 1. The summed E-state index contributed by atoms with van der Waals surface area (Å²) in [5.41, 5.74) is 0.581. The number of carbonyl (C=O) groups is 2. The summed E-state index contributed by atoms with van der Waals surface area (Å²) in [6.45, 7) is 3.74. The van der Waals surface area contributed by atoms with Gasteiger partial charge in [0, 0.05) is 35.9 Å². The van der Waals surface area contributed by atoms with E-state index in [-0.39, 0.29) is 11.3 Å². The molecule has 1 saturated heterocycles. The Morgan fingerprint density at radius 2 is 2.06 bits per heavy atom. The third-order valence-electron chi connectivity index (χ3n) is 5.60. The van der Waals surface area contributed by atoms with Gasteiger partial charge in [0.05, 0.1) is 24.5 Å². The maximum absolute atomic E-state index is 13.1. The third-order valence-corrected chi connectivity index (χ3v) is 6.53. The van der Waals surface area contributed by atoms with E-state index in [0.29, 0.717) is 37.4 Å². The minimum Gasteiger partial charge on any atom is -0.507 e. The standard InChI is InChI=1S/C25H27N3O4S/c1-2-3-14-32-19-8-4-7-18(16-19)23(29)21-22(20-9-5-15-33-20)28(25(31)24(21)30)12-6-11-27-13-10-26-17-27/h4-5,7-10,13,15-17,22,29H,2-3,6,11-12,14H2,1H3/b23-21+. The Bertz CT molecular complexity index is 1120. The van der Waals surface area contributed by atoms with E-state index in [1.807, 2.05) is 34.3 Å². The lowest BCUT2D eigenvalue weighted by atomic mass is 9.99. The van der Waals surface area contributed by atoms with E-state index < -0.39 is 17.7 Å². The molecular weight excluding hydrogens is 438 g/mol. The molecule has 1 aliphatic rings. The number of imidazole rings is 1. The number of amides is 1. The van der Waals surface area contributed by atoms with Crippen LogP contribution >= 0.6 is 11.3 Å². The van der Waals surface area contributed by atoms with E-state index in [0.717, 1.165) is 17.7 Å². The summed E-state index contributed by atoms with van der Waals surface area (Å²) in [6.07, 6.45) is 7.90. The number of aliphatic hydroxyl groups excluding tert-OH is 1. The zero-order valence-corrected chi connectivity index (χ0v) is 19.3. The van der Waals surface area contributed by atoms with Crippen LogP contribution in [0.15, 0.2) is 66.1 Å². The van der Waals surface area contributed by atoms with Crippen LogP contribution in [0.25, 0.3) is 5.76 Å². The second-order valence-corrected chi connectivity index (χ2v) is 8.87. The molecule has 8 heteroatoms. The molecule has 1 amide bonds. The number of hydrogen-bond donors (Lipinski definition) is 1. The third kappa shape index (κ3) is 5.01. The SMILES string of the molecule is CCCCOc1cccc(/C(O)=C2\C(=O)C(=O)N(CCCn3ccnc3)C2c2cccs2)c1. The first-order valence-corrected chi connectivity index (χ1v) is 12.0. The van der Waals surface area contributed by atoms with E-state index in [1.54, 1.807) is 35.6 Å². The van der Waals surface area contributed by atoms with Gasteiger partial charge in [0.1, 0.15) is 11.5 Å². The fourth-order valence-electron chi connectivity index (χ4n) is 3.92. The molecule has 7 nitrogen and oxygen atoms in total. The molecule has 1 N–H and O–H groups in total. The topological polar surface area (TPSA) is 84.7 Å². The van der Waals surface area contributed by atoms with E-state index >= 15 is 0 Å². The average molecular weight is 466 g/mol. The highest BCUT2D eigenvalue weighted by molar-refractivity contribution is 7.10. The second kappa shape index (κ2) is 10.5. The summed E-state index contributed by atoms with van der Waals surface area (Å²) in [4.78, 5) is 32.5. The number of carbonyl (C=O) groups excluding carboxylic acids is 2. The monoisotopic (exact) mass is 465 g/mol. The number of Topliss-reactive ketones (excluding diaryl/α,β-unsaturated/α-hetero) is 1. The molecule has 0 aliphatic carbocycles. The van der Waals surface area contributed by atoms with E-state index in [1.165, 1.54) is 11.3 Å². The van der Waals surface area contributed by atoms with Crippen molar-refractivity contribution in [3.63, 3.8) is 0 Å². The molecule has 172 valence electrons. The van der Waals surface area contributed by atoms with Crippen LogP contribution in [0.2, 0.25) is 0 Å². The van der Waals surface area contributed by atoms with Gasteiger partial charge >= 0.3 is 0 Å². The molecule has 2 aromatic heterocycles. The number of thiophene rings is 1. The summed E-state index contributed by atoms with van der Waals surface area (Å²) >= 11 is 1.46. The van der Waals surface area contributed by atoms with Gasteiger partial charge in [0.2, 0.25) is 0 Å². The molecule has 1 fully saturated rings. The number of nitrogens with zero attached hydrogens (tertiary/aromatic N) is 3. The van der Waals surface area contributed by atoms with Crippen LogP contribution < -0.4 is 4.74 Å². The number of aromatic nitrogens is 2. The fraction of sp³-hybridized carbons (Fsp3) is 0.320. The molecule has 1 aliphatic heterocycles. The van der Waals surface area contributed by atoms with E-state index in [9.17, 15) is 14.7 Å². The van der Waals surface area contributed by atoms with Crippen molar-refractivity contribution in [2.75, 3.05) is 13.2 Å². The Balaban J connectivity index is 1.64. The highest BCUT2D eigenvalue weighted by Crippen LogP contribution is 2.41. The van der Waals surface area contributed by atoms with Crippen molar-refractivity contribution < 1.29 is 19.4 Å². The number of likely N-dealkylation sites (tertiary alicyclic amines) is 1. The van der Waals surface area contributed by atoms with Gasteiger partial charge in [-0.05, 0) is 36.4 Å². The van der Waals surface area contributed by atoms with E-state index in [4.69, 9.17) is 4.74 Å². The minimum absolute atomic E-state index is 0.121. The van der Waals surface area contributed by atoms with E-state index in [2.05, 4.69) is 11.9 Å². The van der Waals surface area contributed by atoms with Crippen molar-refractivity contribution in [1.29, 1.82) is 0 Å². The summed E-state index contributed by atoms with van der Waals surface area (Å²) in [5.74, 6) is -0.804. The first-order valence-electron chi connectivity index (χ1n) is 11.1. The van der Waals surface area contributed by atoms with Crippen LogP contribution in [0.3, 0.4) is 0 Å². The lowest BCUT2D eigenvalue weighted by Crippen LogP contribution is -2.31. The van der Waals surface area contributed by atoms with Gasteiger partial charge < -0.3 is 19.3 Å². The Morgan fingerprint density at radius 3 is 2.79 bits per heavy atom. The quantitative estimate of drug-likeness (QED) is 0.204. The zero-order valence-electron chi connectivity index (χ0n) is 18.5. The van der Waals surface area contributed by atoms with Gasteiger partial charge in [-0.3, -0.25) is 9.59 Å². The molecule has 0 saturated carbocycles. The molecule has 1 atom stereocenters. The minimum atomic E-state index is -0.661. The van der Waals surface area contributed by atoms with Gasteiger partial charge in [-0.25, -0.2) is 4.98 Å². The first-order chi connectivity index (χ1) is 16.1. The highest BCUT2D eigenvalue weighted by atomic mass is 32.1. The van der Waals surface area contributed by atoms with Gasteiger partial charge in [-0.1, -0.05) is 31.5 Å². The molecule has 1 unspecified atom stereocenters. The van der Waals surface area contributed by atoms with Crippen molar-refractivity contribution in [3.8, 4) is 5.75 Å². The number of ether oxygens (including phenoxy) is 1. The predicted molar refractivity (Wildman–Crippen MR) is 127 cm³/mol. The Morgan fingerprint density at radius 1 is 1.18 bits per heavy atom. The van der Waals surface area contributed by atoms with Crippen molar-refractivity contribution in [3.05, 3.63) is 76.5 Å². The van der Waals surface area contributed by atoms with Crippen LogP contribution in [0.1, 0.15) is 42.7 Å². The average Bonchev–Trinajstić information content (AvgIpc) is 3.58. The highest BCUT2D eigenvalue weighted by Gasteiger charge is 2.46. The van der Waals surface area contributed by atoms with Crippen molar-refractivity contribution in [2.45, 2.75) is 38.8 Å². The van der Waals surface area contributed by atoms with Gasteiger partial charge in [0.15, 0.2) is 0 Å². The van der Waals surface area contributed by atoms with Crippen LogP contribution in [0, 0.1) is 0 Å². The molecule has 0 radical (unpaired) electrons. The number of aliphatic hydroxyl groups is 1. The first kappa shape index (κ1) is 22.8. The smallest absolute Gasteiger partial charge is 0.295 e. The van der Waals surface area contributed by atoms with Gasteiger partial charge in [0.25, 0.3) is 11.7 Å². The fourth-order valence-corrected chi connectivity index (χ4v) is 4.76. The largest absolute Gasteiger partial charge is 0.507 e. The predicted octanol–water partition coefficient (Wildman–Crippen LogP) is 4.64. The molecule has 0 bridgehead atoms. The molecular formula is C25H27N3O4S. The van der Waals surface area contributed by atoms with Crippen molar-refractivity contribution in [1.82, 2.24) is 14.5 Å². The molecule has 3 heterocycles. The maximum Gasteiger partial charge on any atom is 0.295 e. The summed E-state index contributed by atoms with van der Waals surface area (Å²) < 4.78 is 7.69. The number of rotatable bonds is 10. The van der Waals surface area contributed by atoms with Crippen LogP contribution in [0.5, 0.6) is 5.75 Å². The molecule has 4 rings (SSSR count). The maximum atomic E-state index is 13.1. The Hall–Kier alpha value is -3.39. The Kier molecular flexibility index (Phi) is 7.24. The number of unbranched alkanes of at least 4 members (excludes halogenated alkanes) is 1. The summed E-state index contributed by atoms with van der Waals surface area (Å²) in [5, 5.41) is 13.1. The lowest BCUT2D eigenvalue weighted by molar-refractivity contribution is -0.139. The summed E-state index contributed by atoms with van der Waals surface area (Å²) in [7, 11) is 0. The number of benzene rings is 1. The Labute approximate surface area is 196 Å². The normalized spacial score (nSPS) is 17.6. The molecule has 1 aromatic carbocycles. The van der Waals surface area contributed by atoms with Crippen LogP contribution in [-0.4, -0.2) is 44.4 Å². The second-order valence-electron chi connectivity index (χ2n) is 7.89. The van der Waals surface area contributed by atoms with Gasteiger partial charge in [-0.15, -0.1) is 11.3 Å². The van der Waals surface area contributed by atoms with Gasteiger partial charge in [-0.2, -0.15) is 0 Å². The van der Waals surface area contributed by atoms with Crippen LogP contribution in [-0.2, 0) is 16.1 Å². The van der Waals surface area contributed by atoms with Crippen molar-refractivity contribution in [2.24, 2.45) is 0 Å². The number of hydrogen-bond acceptors (Lipinski definition) is 6. The van der Waals surface area contributed by atoms with Crippen molar-refractivity contribution >= 4 is 28.8 Å². The molecule has 3 aromatic rings. The molecule has 33 heavy (non-hydrogen) atoms. The molecule has 0 spiro atoms.